The molecule has 2 heterocycles. The molecule has 0 saturated carbocycles. The molecule has 0 atom stereocenters. The molecule has 6 nitrogen and oxygen atoms in total. The van der Waals surface area contributed by atoms with Crippen LogP contribution in [0.1, 0.15) is 21.8 Å². The van der Waals surface area contributed by atoms with Crippen LogP contribution < -0.4 is 10.6 Å². The lowest BCUT2D eigenvalue weighted by Crippen LogP contribution is -2.23. The molecule has 0 aliphatic carbocycles. The summed E-state index contributed by atoms with van der Waals surface area (Å²) in [5.74, 6) is 1.11. The fraction of sp³-hybridized carbons (Fsp3) is 0.250. The van der Waals surface area contributed by atoms with Crippen LogP contribution in [-0.4, -0.2) is 23.1 Å². The lowest BCUT2D eigenvalue weighted by Gasteiger charge is -2.06. The van der Waals surface area contributed by atoms with E-state index in [0.29, 0.717) is 23.7 Å². The minimum Gasteiger partial charge on any atom is -0.373 e. The van der Waals surface area contributed by atoms with Crippen LogP contribution in [0, 0.1) is 6.92 Å². The number of hydrogen-bond acceptors (Lipinski definition) is 5. The van der Waals surface area contributed by atoms with Crippen LogP contribution in [0.5, 0.6) is 0 Å². The summed E-state index contributed by atoms with van der Waals surface area (Å²) in [6.07, 6.45) is 1.54. The largest absolute Gasteiger partial charge is 0.373 e. The van der Waals surface area contributed by atoms with E-state index in [2.05, 4.69) is 20.8 Å². The smallest absolute Gasteiger partial charge is 0.251 e. The molecule has 18 heavy (non-hydrogen) atoms. The van der Waals surface area contributed by atoms with Gasteiger partial charge in [0.05, 0.1) is 12.7 Å². The highest BCUT2D eigenvalue weighted by molar-refractivity contribution is 5.94. The number of nitrogens with zero attached hydrogens (tertiary/aromatic N) is 2. The maximum absolute atomic E-state index is 11.9. The normalized spacial score (nSPS) is 10.1. The van der Waals surface area contributed by atoms with E-state index in [1.54, 1.807) is 25.2 Å². The second kappa shape index (κ2) is 5.31. The Bertz CT molecular complexity index is 537. The number of carbonyl (C=O) groups is 1. The molecule has 2 aromatic rings. The third kappa shape index (κ3) is 2.85. The van der Waals surface area contributed by atoms with Crippen LogP contribution in [0.3, 0.4) is 0 Å². The molecule has 1 amide bonds. The van der Waals surface area contributed by atoms with Crippen LogP contribution in [0.15, 0.2) is 28.9 Å². The lowest BCUT2D eigenvalue weighted by molar-refractivity contribution is 0.0947. The molecular formula is C12H14N4O2. The molecule has 0 radical (unpaired) electrons. The van der Waals surface area contributed by atoms with Crippen molar-refractivity contribution in [3.05, 3.63) is 41.4 Å². The molecule has 0 bridgehead atoms. The van der Waals surface area contributed by atoms with Crippen LogP contribution in [0.2, 0.25) is 0 Å². The number of anilines is 1. The average molecular weight is 246 g/mol. The standard InChI is InChI=1S/C12H14N4O2/c1-8-5-9(6-11(13-2)16-8)12(17)14-7-10-3-4-15-18-10/h3-6H,7H2,1-2H3,(H,13,16)(H,14,17). The summed E-state index contributed by atoms with van der Waals surface area (Å²) >= 11 is 0. The Morgan fingerprint density at radius 2 is 2.28 bits per heavy atom. The Hall–Kier alpha value is -2.37. The lowest BCUT2D eigenvalue weighted by atomic mass is 10.2. The second-order valence-electron chi connectivity index (χ2n) is 3.79. The first-order chi connectivity index (χ1) is 8.69. The summed E-state index contributed by atoms with van der Waals surface area (Å²) < 4.78 is 4.90. The van der Waals surface area contributed by atoms with E-state index in [1.807, 2.05) is 6.92 Å². The Labute approximate surface area is 104 Å². The van der Waals surface area contributed by atoms with Crippen molar-refractivity contribution in [2.24, 2.45) is 0 Å². The van der Waals surface area contributed by atoms with E-state index in [0.717, 1.165) is 5.69 Å². The van der Waals surface area contributed by atoms with Crippen molar-refractivity contribution in [3.8, 4) is 0 Å². The number of aromatic nitrogens is 2. The molecule has 2 N–H and O–H groups in total. The number of pyridine rings is 1. The molecule has 94 valence electrons. The van der Waals surface area contributed by atoms with Crippen molar-refractivity contribution in [2.75, 3.05) is 12.4 Å². The molecule has 0 fully saturated rings. The van der Waals surface area contributed by atoms with E-state index in [4.69, 9.17) is 4.52 Å². The number of rotatable bonds is 4. The van der Waals surface area contributed by atoms with Crippen molar-refractivity contribution in [2.45, 2.75) is 13.5 Å². The monoisotopic (exact) mass is 246 g/mol. The van der Waals surface area contributed by atoms with Gasteiger partial charge in [-0.15, -0.1) is 0 Å². The van der Waals surface area contributed by atoms with E-state index >= 15 is 0 Å². The zero-order valence-corrected chi connectivity index (χ0v) is 10.2. The Morgan fingerprint density at radius 3 is 2.94 bits per heavy atom. The third-order valence-corrected chi connectivity index (χ3v) is 2.39. The first kappa shape index (κ1) is 12.1. The van der Waals surface area contributed by atoms with Gasteiger partial charge < -0.3 is 15.2 Å². The topological polar surface area (TPSA) is 80.0 Å². The van der Waals surface area contributed by atoms with Gasteiger partial charge in [-0.1, -0.05) is 5.16 Å². The van der Waals surface area contributed by atoms with Gasteiger partial charge in [-0.25, -0.2) is 4.98 Å². The van der Waals surface area contributed by atoms with Gasteiger partial charge in [-0.05, 0) is 19.1 Å². The Morgan fingerprint density at radius 1 is 1.44 bits per heavy atom. The number of carbonyl (C=O) groups excluding carboxylic acids is 1. The summed E-state index contributed by atoms with van der Waals surface area (Å²) in [5, 5.41) is 9.23. The summed E-state index contributed by atoms with van der Waals surface area (Å²) in [4.78, 5) is 16.2. The van der Waals surface area contributed by atoms with E-state index in [9.17, 15) is 4.79 Å². The predicted octanol–water partition coefficient (Wildman–Crippen LogP) is 1.35. The van der Waals surface area contributed by atoms with Gasteiger partial charge in [-0.3, -0.25) is 4.79 Å². The Balaban J connectivity index is 2.06. The molecule has 0 saturated heterocycles. The van der Waals surface area contributed by atoms with Crippen molar-refractivity contribution >= 4 is 11.7 Å². The Kier molecular flexibility index (Phi) is 3.57. The van der Waals surface area contributed by atoms with Crippen molar-refractivity contribution < 1.29 is 9.32 Å². The van der Waals surface area contributed by atoms with Crippen molar-refractivity contribution in [3.63, 3.8) is 0 Å². The van der Waals surface area contributed by atoms with Gasteiger partial charge in [-0.2, -0.15) is 0 Å². The first-order valence-corrected chi connectivity index (χ1v) is 5.53. The highest BCUT2D eigenvalue weighted by Gasteiger charge is 2.08. The van der Waals surface area contributed by atoms with Gasteiger partial charge in [0.15, 0.2) is 5.76 Å². The summed E-state index contributed by atoms with van der Waals surface area (Å²) in [6, 6.07) is 5.14. The number of aryl methyl sites for hydroxylation is 1. The van der Waals surface area contributed by atoms with Crippen molar-refractivity contribution in [1.82, 2.24) is 15.5 Å². The van der Waals surface area contributed by atoms with Gasteiger partial charge >= 0.3 is 0 Å². The van der Waals surface area contributed by atoms with Crippen molar-refractivity contribution in [1.29, 1.82) is 0 Å². The van der Waals surface area contributed by atoms with Gasteiger partial charge in [0.1, 0.15) is 5.82 Å². The highest BCUT2D eigenvalue weighted by Crippen LogP contribution is 2.09. The van der Waals surface area contributed by atoms with E-state index in [1.165, 1.54) is 6.20 Å². The summed E-state index contributed by atoms with van der Waals surface area (Å²) in [7, 11) is 1.76. The fourth-order valence-electron chi connectivity index (χ4n) is 1.53. The zero-order chi connectivity index (χ0) is 13.0. The molecule has 6 heteroatoms. The van der Waals surface area contributed by atoms with Crippen LogP contribution in [-0.2, 0) is 6.54 Å². The van der Waals surface area contributed by atoms with Crippen LogP contribution in [0.25, 0.3) is 0 Å². The predicted molar refractivity (Wildman–Crippen MR) is 66.2 cm³/mol. The number of nitrogens with one attached hydrogen (secondary N) is 2. The maximum Gasteiger partial charge on any atom is 0.251 e. The highest BCUT2D eigenvalue weighted by atomic mass is 16.5. The minimum absolute atomic E-state index is 0.173. The molecule has 0 aromatic carbocycles. The number of hydrogen-bond donors (Lipinski definition) is 2. The fourth-order valence-corrected chi connectivity index (χ4v) is 1.53. The van der Waals surface area contributed by atoms with Crippen LogP contribution in [0.4, 0.5) is 5.82 Å². The molecule has 0 unspecified atom stereocenters. The molecule has 2 rings (SSSR count). The average Bonchev–Trinajstić information content (AvgIpc) is 2.88. The van der Waals surface area contributed by atoms with Gasteiger partial charge in [0.2, 0.25) is 0 Å². The summed E-state index contributed by atoms with van der Waals surface area (Å²) in [6.45, 7) is 2.16. The third-order valence-electron chi connectivity index (χ3n) is 2.39. The van der Waals surface area contributed by atoms with Crippen LogP contribution >= 0.6 is 0 Å². The molecule has 0 aliphatic rings. The zero-order valence-electron chi connectivity index (χ0n) is 10.2. The van der Waals surface area contributed by atoms with Gasteiger partial charge in [0, 0.05) is 24.4 Å². The summed E-state index contributed by atoms with van der Waals surface area (Å²) in [5.41, 5.74) is 1.35. The molecule has 2 aromatic heterocycles. The van der Waals surface area contributed by atoms with Gasteiger partial charge in [0.25, 0.3) is 5.91 Å². The second-order valence-corrected chi connectivity index (χ2v) is 3.79. The molecule has 0 spiro atoms. The van der Waals surface area contributed by atoms with E-state index in [-0.39, 0.29) is 5.91 Å². The first-order valence-electron chi connectivity index (χ1n) is 5.53. The maximum atomic E-state index is 11.9. The van der Waals surface area contributed by atoms with E-state index < -0.39 is 0 Å². The minimum atomic E-state index is -0.173. The molecular weight excluding hydrogens is 232 g/mol. The SMILES string of the molecule is CNc1cc(C(=O)NCc2ccno2)cc(C)n1. The molecule has 0 aliphatic heterocycles. The quantitative estimate of drug-likeness (QED) is 0.851. The number of amides is 1.